The van der Waals surface area contributed by atoms with Crippen molar-refractivity contribution in [1.29, 1.82) is 0 Å². The van der Waals surface area contributed by atoms with E-state index in [-0.39, 0.29) is 11.9 Å². The molecular formula is C23H28N4O. The van der Waals surface area contributed by atoms with Gasteiger partial charge in [0.15, 0.2) is 0 Å². The summed E-state index contributed by atoms with van der Waals surface area (Å²) in [7, 11) is 2.05. The van der Waals surface area contributed by atoms with Crippen LogP contribution < -0.4 is 0 Å². The molecule has 3 aromatic rings. The molecule has 0 fully saturated rings. The van der Waals surface area contributed by atoms with Gasteiger partial charge in [0.25, 0.3) is 5.91 Å². The highest BCUT2D eigenvalue weighted by Gasteiger charge is 2.36. The molecule has 0 saturated heterocycles. The first-order valence-corrected chi connectivity index (χ1v) is 9.95. The number of hydrogen-bond donors (Lipinski definition) is 0. The molecule has 146 valence electrons. The number of carbonyl (C=O) groups is 1. The third kappa shape index (κ3) is 2.77. The van der Waals surface area contributed by atoms with Crippen LogP contribution in [0.25, 0.3) is 11.3 Å². The molecule has 0 N–H and O–H groups in total. The van der Waals surface area contributed by atoms with E-state index in [1.807, 2.05) is 49.5 Å². The Labute approximate surface area is 166 Å². The van der Waals surface area contributed by atoms with Crippen LogP contribution in [-0.2, 0) is 13.6 Å². The number of amides is 1. The summed E-state index contributed by atoms with van der Waals surface area (Å²) in [6.07, 6.45) is 3.85. The van der Waals surface area contributed by atoms with E-state index >= 15 is 0 Å². The summed E-state index contributed by atoms with van der Waals surface area (Å²) in [6.45, 7) is 9.94. The molecule has 1 atom stereocenters. The van der Waals surface area contributed by atoms with Crippen LogP contribution in [0.5, 0.6) is 0 Å². The molecule has 5 heteroatoms. The lowest BCUT2D eigenvalue weighted by Crippen LogP contribution is -2.44. The van der Waals surface area contributed by atoms with Crippen LogP contribution in [0, 0.1) is 19.8 Å². The van der Waals surface area contributed by atoms with Gasteiger partial charge in [-0.25, -0.2) is 4.98 Å². The number of carbonyl (C=O) groups excluding carboxylic acids is 1. The maximum atomic E-state index is 13.8. The predicted molar refractivity (Wildman–Crippen MR) is 111 cm³/mol. The zero-order valence-electron chi connectivity index (χ0n) is 17.3. The van der Waals surface area contributed by atoms with Crippen molar-refractivity contribution in [2.75, 3.05) is 6.54 Å². The third-order valence-corrected chi connectivity index (χ3v) is 6.01. The summed E-state index contributed by atoms with van der Waals surface area (Å²) >= 11 is 0. The highest BCUT2D eigenvalue weighted by atomic mass is 16.2. The average Bonchev–Trinajstić information content (AvgIpc) is 3.24. The Balaban J connectivity index is 1.79. The van der Waals surface area contributed by atoms with E-state index in [1.165, 1.54) is 0 Å². The zero-order chi connectivity index (χ0) is 20.0. The van der Waals surface area contributed by atoms with Crippen LogP contribution in [0.2, 0.25) is 0 Å². The lowest BCUT2D eigenvalue weighted by atomic mass is 9.97. The number of fused-ring (bicyclic) bond motifs is 1. The van der Waals surface area contributed by atoms with Crippen molar-refractivity contribution in [3.63, 3.8) is 0 Å². The molecule has 0 aliphatic carbocycles. The Kier molecular flexibility index (Phi) is 4.61. The van der Waals surface area contributed by atoms with E-state index in [9.17, 15) is 4.79 Å². The van der Waals surface area contributed by atoms with Crippen LogP contribution in [-0.4, -0.2) is 31.5 Å². The predicted octanol–water partition coefficient (Wildman–Crippen LogP) is 4.36. The highest BCUT2D eigenvalue weighted by molar-refractivity contribution is 5.99. The van der Waals surface area contributed by atoms with E-state index < -0.39 is 0 Å². The molecule has 5 nitrogen and oxygen atoms in total. The second-order valence-corrected chi connectivity index (χ2v) is 8.03. The quantitative estimate of drug-likeness (QED) is 0.682. The minimum atomic E-state index is -0.00423. The fourth-order valence-corrected chi connectivity index (χ4v) is 4.60. The minimum Gasteiger partial charge on any atom is -0.347 e. The molecule has 0 spiro atoms. The van der Waals surface area contributed by atoms with Crippen LogP contribution in [0.15, 0.2) is 42.7 Å². The molecule has 2 aromatic heterocycles. The Morgan fingerprint density at radius 1 is 1.14 bits per heavy atom. The van der Waals surface area contributed by atoms with Crippen LogP contribution in [0.4, 0.5) is 0 Å². The number of benzene rings is 1. The first kappa shape index (κ1) is 18.5. The van der Waals surface area contributed by atoms with Gasteiger partial charge in [0, 0.05) is 38.2 Å². The van der Waals surface area contributed by atoms with Gasteiger partial charge in [-0.2, -0.15) is 0 Å². The lowest BCUT2D eigenvalue weighted by Gasteiger charge is -2.38. The largest absolute Gasteiger partial charge is 0.347 e. The van der Waals surface area contributed by atoms with Gasteiger partial charge in [-0.05, 0) is 30.9 Å². The van der Waals surface area contributed by atoms with Crippen molar-refractivity contribution in [3.8, 4) is 11.3 Å². The van der Waals surface area contributed by atoms with Gasteiger partial charge in [-0.3, -0.25) is 4.79 Å². The molecule has 4 rings (SSSR count). The van der Waals surface area contributed by atoms with Crippen LogP contribution in [0.3, 0.4) is 0 Å². The van der Waals surface area contributed by atoms with Gasteiger partial charge in [0.1, 0.15) is 5.82 Å². The van der Waals surface area contributed by atoms with Crippen LogP contribution in [0.1, 0.15) is 47.3 Å². The summed E-state index contributed by atoms with van der Waals surface area (Å²) < 4.78 is 4.32. The van der Waals surface area contributed by atoms with Gasteiger partial charge in [0.05, 0.1) is 17.3 Å². The van der Waals surface area contributed by atoms with Gasteiger partial charge >= 0.3 is 0 Å². The Morgan fingerprint density at radius 3 is 2.54 bits per heavy atom. The van der Waals surface area contributed by atoms with Crippen molar-refractivity contribution in [3.05, 3.63) is 65.4 Å². The van der Waals surface area contributed by atoms with E-state index in [2.05, 4.69) is 47.0 Å². The van der Waals surface area contributed by atoms with Gasteiger partial charge in [-0.1, -0.05) is 44.2 Å². The summed E-state index contributed by atoms with van der Waals surface area (Å²) in [5, 5.41) is 0. The Morgan fingerprint density at radius 2 is 1.86 bits per heavy atom. The van der Waals surface area contributed by atoms with Crippen molar-refractivity contribution >= 4 is 5.91 Å². The van der Waals surface area contributed by atoms with Crippen molar-refractivity contribution < 1.29 is 4.79 Å². The monoisotopic (exact) mass is 376 g/mol. The molecule has 1 aliphatic heterocycles. The van der Waals surface area contributed by atoms with Crippen molar-refractivity contribution in [1.82, 2.24) is 19.0 Å². The molecule has 3 heterocycles. The minimum absolute atomic E-state index is 0.00423. The number of rotatable bonds is 3. The second kappa shape index (κ2) is 6.97. The molecule has 0 saturated carbocycles. The van der Waals surface area contributed by atoms with Crippen molar-refractivity contribution in [2.24, 2.45) is 13.0 Å². The Bertz CT molecular complexity index is 1010. The third-order valence-electron chi connectivity index (χ3n) is 6.01. The second-order valence-electron chi connectivity index (χ2n) is 8.03. The van der Waals surface area contributed by atoms with Gasteiger partial charge in [-0.15, -0.1) is 0 Å². The first-order chi connectivity index (χ1) is 13.4. The maximum Gasteiger partial charge on any atom is 0.256 e. The normalized spacial score (nSPS) is 16.5. The maximum absolute atomic E-state index is 13.8. The molecule has 28 heavy (non-hydrogen) atoms. The summed E-state index contributed by atoms with van der Waals surface area (Å²) in [4.78, 5) is 20.4. The van der Waals surface area contributed by atoms with E-state index in [0.29, 0.717) is 12.5 Å². The number of aromatic nitrogens is 3. The van der Waals surface area contributed by atoms with Gasteiger partial charge < -0.3 is 14.0 Å². The van der Waals surface area contributed by atoms with E-state index in [1.54, 1.807) is 0 Å². The summed E-state index contributed by atoms with van der Waals surface area (Å²) in [5.74, 6) is 1.40. The highest BCUT2D eigenvalue weighted by Crippen LogP contribution is 2.36. The number of nitrogens with zero attached hydrogens (tertiary/aromatic N) is 4. The lowest BCUT2D eigenvalue weighted by molar-refractivity contribution is 0.0545. The average molecular weight is 377 g/mol. The molecule has 0 bridgehead atoms. The summed E-state index contributed by atoms with van der Waals surface area (Å²) in [6, 6.07) is 10.3. The zero-order valence-corrected chi connectivity index (χ0v) is 17.3. The molecule has 1 aromatic carbocycles. The van der Waals surface area contributed by atoms with E-state index in [0.717, 1.165) is 40.4 Å². The van der Waals surface area contributed by atoms with Crippen molar-refractivity contribution in [2.45, 2.75) is 40.3 Å². The molecule has 0 radical (unpaired) electrons. The SMILES string of the molecule is Cc1c(C(=O)N2CCn3ccnc3C2C(C)C)c(C)n(C)c1-c1ccccc1. The first-order valence-electron chi connectivity index (χ1n) is 9.95. The standard InChI is InChI=1S/C23H28N4O/c1-15(2)20-22-24-11-12-26(22)13-14-27(20)23(28)19-16(3)21(25(5)17(19)4)18-9-7-6-8-10-18/h6-12,15,20H,13-14H2,1-5H3. The molecule has 1 aliphatic rings. The van der Waals surface area contributed by atoms with Gasteiger partial charge in [0.2, 0.25) is 0 Å². The molecular weight excluding hydrogens is 348 g/mol. The van der Waals surface area contributed by atoms with E-state index in [4.69, 9.17) is 0 Å². The smallest absolute Gasteiger partial charge is 0.256 e. The van der Waals surface area contributed by atoms with Crippen LogP contribution >= 0.6 is 0 Å². The fourth-order valence-electron chi connectivity index (χ4n) is 4.60. The molecule has 1 amide bonds. The number of hydrogen-bond acceptors (Lipinski definition) is 2. The molecule has 1 unspecified atom stereocenters. The topological polar surface area (TPSA) is 43.1 Å². The number of imidazole rings is 1. The fraction of sp³-hybridized carbons (Fsp3) is 0.391. The summed E-state index contributed by atoms with van der Waals surface area (Å²) in [5.41, 5.74) is 5.14. The Hall–Kier alpha value is -2.82.